The maximum Gasteiger partial charge on any atom is 0.337 e. The zero-order valence-corrected chi connectivity index (χ0v) is 17.7. The van der Waals surface area contributed by atoms with E-state index in [4.69, 9.17) is 4.74 Å². The van der Waals surface area contributed by atoms with E-state index in [1.54, 1.807) is 11.6 Å². The first-order valence-corrected chi connectivity index (χ1v) is 10.4. The fourth-order valence-corrected chi connectivity index (χ4v) is 3.93. The number of nitrogens with zero attached hydrogens (tertiary/aromatic N) is 4. The normalized spacial score (nSPS) is 16.4. The maximum absolute atomic E-state index is 12.5. The van der Waals surface area contributed by atoms with Crippen LogP contribution in [0.4, 0.5) is 4.79 Å². The number of thioether (sulfide) groups is 1. The Morgan fingerprint density at radius 3 is 2.83 bits per heavy atom. The molecule has 1 aliphatic rings. The van der Waals surface area contributed by atoms with Crippen molar-refractivity contribution in [2.45, 2.75) is 45.3 Å². The highest BCUT2D eigenvalue weighted by Gasteiger charge is 2.31. The van der Waals surface area contributed by atoms with E-state index in [-0.39, 0.29) is 12.6 Å². The second-order valence-electron chi connectivity index (χ2n) is 6.62. The molecule has 0 bridgehead atoms. The molecule has 0 spiro atoms. The summed E-state index contributed by atoms with van der Waals surface area (Å²) in [7, 11) is 0. The molecule has 2 heterocycles. The van der Waals surface area contributed by atoms with Crippen molar-refractivity contribution in [3.63, 3.8) is 0 Å². The summed E-state index contributed by atoms with van der Waals surface area (Å²) in [5.41, 5.74) is 3.97. The Bertz CT molecular complexity index is 955. The molecule has 9 nitrogen and oxygen atoms in total. The zero-order valence-electron chi connectivity index (χ0n) is 16.9. The van der Waals surface area contributed by atoms with Crippen molar-refractivity contribution in [3.8, 4) is 5.69 Å². The lowest BCUT2D eigenvalue weighted by molar-refractivity contribution is -0.139. The topological polar surface area (TPSA) is 111 Å². The molecule has 0 saturated heterocycles. The summed E-state index contributed by atoms with van der Waals surface area (Å²) in [6, 6.07) is 5.32. The van der Waals surface area contributed by atoms with Crippen LogP contribution in [-0.2, 0) is 9.53 Å². The Labute approximate surface area is 173 Å². The Kier molecular flexibility index (Phi) is 6.53. The molecular weight excluding hydrogens is 392 g/mol. The summed E-state index contributed by atoms with van der Waals surface area (Å²) < 4.78 is 6.86. The Hall–Kier alpha value is -2.88. The maximum atomic E-state index is 12.5. The quantitative estimate of drug-likeness (QED) is 0.526. The van der Waals surface area contributed by atoms with Gasteiger partial charge in [-0.05, 0) is 54.8 Å². The first kappa shape index (κ1) is 20.8. The standard InChI is InChI=1S/C19H24N6O3S/c1-5-13-16(17(26)28-6-2)14(21-18(27)20-13)10-29-19-22-23-24-25(19)15-9-11(3)7-8-12(15)4/h7-9,13H,5-6,10H2,1-4H3,(H2,20,21,27)/t13-/m0/s1. The second kappa shape index (κ2) is 9.08. The summed E-state index contributed by atoms with van der Waals surface area (Å²) in [6.07, 6.45) is 0.579. The third kappa shape index (κ3) is 4.58. The van der Waals surface area contributed by atoms with Gasteiger partial charge >= 0.3 is 12.0 Å². The number of rotatable bonds is 7. The molecule has 0 radical (unpaired) electrons. The minimum Gasteiger partial charge on any atom is -0.463 e. The molecule has 0 aliphatic carbocycles. The summed E-state index contributed by atoms with van der Waals surface area (Å²) in [5, 5.41) is 18.1. The lowest BCUT2D eigenvalue weighted by Gasteiger charge is -2.28. The van der Waals surface area contributed by atoms with E-state index in [0.717, 1.165) is 16.8 Å². The minimum absolute atomic E-state index is 0.262. The number of aryl methyl sites for hydroxylation is 2. The predicted molar refractivity (Wildman–Crippen MR) is 109 cm³/mol. The second-order valence-corrected chi connectivity index (χ2v) is 7.57. The minimum atomic E-state index is -0.434. The Morgan fingerprint density at radius 2 is 2.10 bits per heavy atom. The van der Waals surface area contributed by atoms with Crippen LogP contribution in [0.1, 0.15) is 31.4 Å². The highest BCUT2D eigenvalue weighted by Crippen LogP contribution is 2.26. The third-order valence-electron chi connectivity index (χ3n) is 4.53. The van der Waals surface area contributed by atoms with E-state index in [1.165, 1.54) is 11.8 Å². The van der Waals surface area contributed by atoms with Crippen LogP contribution in [0, 0.1) is 13.8 Å². The average molecular weight is 417 g/mol. The van der Waals surface area contributed by atoms with Crippen LogP contribution in [0.25, 0.3) is 5.69 Å². The number of tetrazole rings is 1. The van der Waals surface area contributed by atoms with Crippen LogP contribution < -0.4 is 10.6 Å². The van der Waals surface area contributed by atoms with E-state index in [9.17, 15) is 9.59 Å². The summed E-state index contributed by atoms with van der Waals surface area (Å²) >= 11 is 1.34. The highest BCUT2D eigenvalue weighted by molar-refractivity contribution is 7.99. The third-order valence-corrected chi connectivity index (χ3v) is 5.47. The lowest BCUT2D eigenvalue weighted by Crippen LogP contribution is -2.50. The van der Waals surface area contributed by atoms with Gasteiger partial charge in [-0.3, -0.25) is 0 Å². The molecule has 0 unspecified atom stereocenters. The molecule has 0 saturated carbocycles. The fourth-order valence-electron chi connectivity index (χ4n) is 3.08. The molecule has 1 aromatic carbocycles. The molecular formula is C19H24N6O3S. The van der Waals surface area contributed by atoms with Crippen molar-refractivity contribution < 1.29 is 14.3 Å². The molecule has 2 amide bonds. The van der Waals surface area contributed by atoms with Gasteiger partial charge in [-0.2, -0.15) is 4.68 Å². The molecule has 2 N–H and O–H groups in total. The number of urea groups is 1. The van der Waals surface area contributed by atoms with Gasteiger partial charge in [0.2, 0.25) is 5.16 Å². The highest BCUT2D eigenvalue weighted by atomic mass is 32.2. The first-order valence-electron chi connectivity index (χ1n) is 9.41. The van der Waals surface area contributed by atoms with E-state index in [1.807, 2.05) is 39.0 Å². The number of hydrogen-bond donors (Lipinski definition) is 2. The van der Waals surface area contributed by atoms with Gasteiger partial charge in [-0.25, -0.2) is 9.59 Å². The fraction of sp³-hybridized carbons (Fsp3) is 0.421. The number of nitrogens with one attached hydrogen (secondary N) is 2. The number of amides is 2. The zero-order chi connectivity index (χ0) is 21.0. The van der Waals surface area contributed by atoms with Gasteiger partial charge in [0, 0.05) is 11.4 Å². The van der Waals surface area contributed by atoms with E-state index in [2.05, 4.69) is 26.2 Å². The van der Waals surface area contributed by atoms with Crippen molar-refractivity contribution in [3.05, 3.63) is 40.6 Å². The van der Waals surface area contributed by atoms with Gasteiger partial charge < -0.3 is 15.4 Å². The molecule has 29 heavy (non-hydrogen) atoms. The van der Waals surface area contributed by atoms with Gasteiger partial charge in [-0.1, -0.05) is 30.8 Å². The average Bonchev–Trinajstić information content (AvgIpc) is 3.16. The van der Waals surface area contributed by atoms with Crippen LogP contribution in [0.2, 0.25) is 0 Å². The van der Waals surface area contributed by atoms with E-state index in [0.29, 0.717) is 28.6 Å². The van der Waals surface area contributed by atoms with Gasteiger partial charge in [0.25, 0.3) is 0 Å². The van der Waals surface area contributed by atoms with Crippen LogP contribution >= 0.6 is 11.8 Å². The first-order chi connectivity index (χ1) is 13.9. The van der Waals surface area contributed by atoms with Gasteiger partial charge in [0.05, 0.1) is 23.9 Å². The van der Waals surface area contributed by atoms with E-state index < -0.39 is 12.0 Å². The molecule has 1 aliphatic heterocycles. The molecule has 3 rings (SSSR count). The molecule has 0 fully saturated rings. The van der Waals surface area contributed by atoms with Crippen LogP contribution in [0.3, 0.4) is 0 Å². The number of ether oxygens (including phenoxy) is 1. The molecule has 2 aromatic rings. The van der Waals surface area contributed by atoms with E-state index >= 15 is 0 Å². The van der Waals surface area contributed by atoms with Crippen molar-refractivity contribution in [1.29, 1.82) is 0 Å². The molecule has 1 atom stereocenters. The SMILES string of the molecule is CCOC(=O)C1=C(CSc2nnnn2-c2cc(C)ccc2C)NC(=O)N[C@H]1CC. The lowest BCUT2D eigenvalue weighted by atomic mass is 10.0. The number of carbonyl (C=O) groups is 2. The smallest absolute Gasteiger partial charge is 0.337 e. The molecule has 154 valence electrons. The summed E-state index contributed by atoms with van der Waals surface area (Å²) in [6.45, 7) is 7.91. The number of hydrogen-bond acceptors (Lipinski definition) is 7. The number of carbonyl (C=O) groups excluding carboxylic acids is 2. The number of aromatic nitrogens is 4. The Balaban J connectivity index is 1.89. The number of esters is 1. The van der Waals surface area contributed by atoms with Crippen molar-refractivity contribution in [2.75, 3.05) is 12.4 Å². The van der Waals surface area contributed by atoms with Crippen molar-refractivity contribution >= 4 is 23.8 Å². The van der Waals surface area contributed by atoms with Gasteiger partial charge in [0.1, 0.15) is 0 Å². The Morgan fingerprint density at radius 1 is 1.31 bits per heavy atom. The summed E-state index contributed by atoms with van der Waals surface area (Å²) in [4.78, 5) is 24.5. The monoisotopic (exact) mass is 416 g/mol. The predicted octanol–water partition coefficient (Wildman–Crippen LogP) is 2.28. The number of benzene rings is 1. The van der Waals surface area contributed by atoms with Gasteiger partial charge in [0.15, 0.2) is 0 Å². The van der Waals surface area contributed by atoms with Gasteiger partial charge in [-0.15, -0.1) is 5.10 Å². The van der Waals surface area contributed by atoms with Crippen molar-refractivity contribution in [1.82, 2.24) is 30.8 Å². The van der Waals surface area contributed by atoms with Crippen LogP contribution in [-0.4, -0.2) is 50.6 Å². The van der Waals surface area contributed by atoms with Crippen molar-refractivity contribution in [2.24, 2.45) is 0 Å². The molecule has 10 heteroatoms. The summed E-state index contributed by atoms with van der Waals surface area (Å²) in [5.74, 6) is -0.111. The molecule has 1 aromatic heterocycles. The van der Waals surface area contributed by atoms with Crippen LogP contribution in [0.5, 0.6) is 0 Å². The largest absolute Gasteiger partial charge is 0.463 e. The van der Waals surface area contributed by atoms with Crippen LogP contribution in [0.15, 0.2) is 34.6 Å².